The second-order valence-corrected chi connectivity index (χ2v) is 6.41. The number of carbonyl (C=O) groups excluding carboxylic acids is 1. The first kappa shape index (κ1) is 16.6. The smallest absolute Gasteiger partial charge is 0.270 e. The van der Waals surface area contributed by atoms with Crippen LogP contribution in [0.4, 0.5) is 0 Å². The second-order valence-electron chi connectivity index (χ2n) is 6.41. The summed E-state index contributed by atoms with van der Waals surface area (Å²) >= 11 is 0. The number of imidazole rings is 1. The molecule has 0 bridgehead atoms. The summed E-state index contributed by atoms with van der Waals surface area (Å²) in [6.45, 7) is 5.31. The molecule has 7 nitrogen and oxygen atoms in total. The van der Waals surface area contributed by atoms with Gasteiger partial charge in [-0.15, -0.1) is 0 Å². The van der Waals surface area contributed by atoms with Crippen LogP contribution in [0, 0.1) is 0 Å². The van der Waals surface area contributed by atoms with Crippen LogP contribution in [-0.2, 0) is 11.8 Å². The average Bonchev–Trinajstić information content (AvgIpc) is 3.01. The SMILES string of the molecule is CC(C)NC(=O)c1cc(C2CCOCC2)nc(-c2cncn2C)n1. The number of hydrogen-bond acceptors (Lipinski definition) is 5. The minimum absolute atomic E-state index is 0.0548. The summed E-state index contributed by atoms with van der Waals surface area (Å²) in [7, 11) is 1.89. The van der Waals surface area contributed by atoms with E-state index in [0.717, 1.165) is 37.4 Å². The molecule has 1 fully saturated rings. The molecule has 0 saturated carbocycles. The van der Waals surface area contributed by atoms with Crippen molar-refractivity contribution in [3.8, 4) is 11.5 Å². The van der Waals surface area contributed by atoms with E-state index in [1.54, 1.807) is 12.5 Å². The van der Waals surface area contributed by atoms with Crippen LogP contribution in [0.2, 0.25) is 0 Å². The van der Waals surface area contributed by atoms with Crippen LogP contribution in [0.5, 0.6) is 0 Å². The maximum absolute atomic E-state index is 12.4. The number of aryl methyl sites for hydroxylation is 1. The molecule has 0 atom stereocenters. The molecule has 3 heterocycles. The van der Waals surface area contributed by atoms with Gasteiger partial charge in [-0.1, -0.05) is 0 Å². The number of amides is 1. The molecule has 24 heavy (non-hydrogen) atoms. The third-order valence-electron chi connectivity index (χ3n) is 4.08. The Morgan fingerprint density at radius 3 is 2.71 bits per heavy atom. The van der Waals surface area contributed by atoms with Crippen LogP contribution in [0.25, 0.3) is 11.5 Å². The number of ether oxygens (including phenoxy) is 1. The highest BCUT2D eigenvalue weighted by Crippen LogP contribution is 2.27. The maximum atomic E-state index is 12.4. The fourth-order valence-electron chi connectivity index (χ4n) is 2.81. The third-order valence-corrected chi connectivity index (χ3v) is 4.08. The van der Waals surface area contributed by atoms with Gasteiger partial charge in [0.1, 0.15) is 11.4 Å². The average molecular weight is 329 g/mol. The van der Waals surface area contributed by atoms with E-state index in [9.17, 15) is 4.79 Å². The molecular weight excluding hydrogens is 306 g/mol. The molecule has 0 unspecified atom stereocenters. The van der Waals surface area contributed by atoms with E-state index in [1.807, 2.05) is 31.5 Å². The molecule has 1 saturated heterocycles. The van der Waals surface area contributed by atoms with Crippen molar-refractivity contribution in [2.75, 3.05) is 13.2 Å². The third kappa shape index (κ3) is 3.62. The van der Waals surface area contributed by atoms with E-state index in [4.69, 9.17) is 9.72 Å². The van der Waals surface area contributed by atoms with Crippen LogP contribution >= 0.6 is 0 Å². The predicted octanol–water partition coefficient (Wildman–Crippen LogP) is 1.91. The molecule has 1 N–H and O–H groups in total. The summed E-state index contributed by atoms with van der Waals surface area (Å²) in [6, 6.07) is 1.87. The van der Waals surface area contributed by atoms with E-state index in [2.05, 4.69) is 15.3 Å². The minimum atomic E-state index is -0.177. The number of hydrogen-bond donors (Lipinski definition) is 1. The first-order valence-electron chi connectivity index (χ1n) is 8.29. The van der Waals surface area contributed by atoms with Gasteiger partial charge in [-0.05, 0) is 32.8 Å². The molecule has 1 amide bonds. The Labute approximate surface area is 141 Å². The van der Waals surface area contributed by atoms with Gasteiger partial charge < -0.3 is 14.6 Å². The molecule has 0 radical (unpaired) electrons. The van der Waals surface area contributed by atoms with Gasteiger partial charge in [0.25, 0.3) is 5.91 Å². The molecular formula is C17H23N5O2. The number of rotatable bonds is 4. The Morgan fingerprint density at radius 1 is 1.33 bits per heavy atom. The summed E-state index contributed by atoms with van der Waals surface area (Å²) in [4.78, 5) is 25.8. The van der Waals surface area contributed by atoms with E-state index >= 15 is 0 Å². The van der Waals surface area contributed by atoms with Crippen molar-refractivity contribution in [1.29, 1.82) is 0 Å². The Balaban J connectivity index is 2.01. The number of carbonyl (C=O) groups is 1. The van der Waals surface area contributed by atoms with Gasteiger partial charge in [-0.25, -0.2) is 15.0 Å². The van der Waals surface area contributed by atoms with Crippen molar-refractivity contribution < 1.29 is 9.53 Å². The van der Waals surface area contributed by atoms with Crippen LogP contribution in [0.15, 0.2) is 18.6 Å². The van der Waals surface area contributed by atoms with E-state index in [0.29, 0.717) is 17.4 Å². The zero-order valence-electron chi connectivity index (χ0n) is 14.3. The molecule has 1 aliphatic heterocycles. The largest absolute Gasteiger partial charge is 0.381 e. The Bertz CT molecular complexity index is 720. The maximum Gasteiger partial charge on any atom is 0.270 e. The van der Waals surface area contributed by atoms with Crippen molar-refractivity contribution in [2.45, 2.75) is 38.6 Å². The number of nitrogens with one attached hydrogen (secondary N) is 1. The first-order chi connectivity index (χ1) is 11.5. The van der Waals surface area contributed by atoms with Gasteiger partial charge in [0.2, 0.25) is 0 Å². The van der Waals surface area contributed by atoms with Gasteiger partial charge in [0, 0.05) is 37.9 Å². The van der Waals surface area contributed by atoms with Crippen LogP contribution in [0.3, 0.4) is 0 Å². The highest BCUT2D eigenvalue weighted by atomic mass is 16.5. The molecule has 3 rings (SSSR count). The van der Waals surface area contributed by atoms with Gasteiger partial charge in [0.15, 0.2) is 5.82 Å². The topological polar surface area (TPSA) is 81.9 Å². The molecule has 1 aliphatic rings. The fourth-order valence-corrected chi connectivity index (χ4v) is 2.81. The summed E-state index contributed by atoms with van der Waals surface area (Å²) in [5.41, 5.74) is 2.09. The van der Waals surface area contributed by atoms with E-state index < -0.39 is 0 Å². The zero-order valence-corrected chi connectivity index (χ0v) is 14.3. The van der Waals surface area contributed by atoms with Crippen molar-refractivity contribution in [3.05, 3.63) is 30.0 Å². The summed E-state index contributed by atoms with van der Waals surface area (Å²) in [6.07, 6.45) is 5.24. The van der Waals surface area contributed by atoms with Gasteiger partial charge in [-0.3, -0.25) is 4.79 Å². The van der Waals surface area contributed by atoms with Crippen LogP contribution < -0.4 is 5.32 Å². The number of nitrogens with zero attached hydrogens (tertiary/aromatic N) is 4. The molecule has 2 aromatic heterocycles. The standard InChI is InChI=1S/C17H23N5O2/c1-11(2)19-17(23)14-8-13(12-4-6-24-7-5-12)20-16(21-14)15-9-18-10-22(15)3/h8-12H,4-7H2,1-3H3,(H,19,23). The van der Waals surface area contributed by atoms with Gasteiger partial charge in [-0.2, -0.15) is 0 Å². The van der Waals surface area contributed by atoms with Crippen LogP contribution in [-0.4, -0.2) is 44.7 Å². The fraction of sp³-hybridized carbons (Fsp3) is 0.529. The van der Waals surface area contributed by atoms with Crippen molar-refractivity contribution >= 4 is 5.91 Å². The highest BCUT2D eigenvalue weighted by molar-refractivity contribution is 5.92. The Morgan fingerprint density at radius 2 is 2.08 bits per heavy atom. The molecule has 0 spiro atoms. The summed E-state index contributed by atoms with van der Waals surface area (Å²) in [5, 5.41) is 2.90. The Hall–Kier alpha value is -2.28. The summed E-state index contributed by atoms with van der Waals surface area (Å²) in [5.74, 6) is 0.649. The lowest BCUT2D eigenvalue weighted by Crippen LogP contribution is -2.31. The van der Waals surface area contributed by atoms with Crippen molar-refractivity contribution in [1.82, 2.24) is 24.8 Å². The normalized spacial score (nSPS) is 15.7. The number of aromatic nitrogens is 4. The monoisotopic (exact) mass is 329 g/mol. The highest BCUT2D eigenvalue weighted by Gasteiger charge is 2.22. The molecule has 128 valence electrons. The van der Waals surface area contributed by atoms with Crippen LogP contribution in [0.1, 0.15) is 48.8 Å². The zero-order chi connectivity index (χ0) is 17.1. The van der Waals surface area contributed by atoms with Crippen molar-refractivity contribution in [3.63, 3.8) is 0 Å². The lowest BCUT2D eigenvalue weighted by Gasteiger charge is -2.22. The van der Waals surface area contributed by atoms with E-state index in [-0.39, 0.29) is 11.9 Å². The molecule has 7 heteroatoms. The van der Waals surface area contributed by atoms with Gasteiger partial charge in [0.05, 0.1) is 12.5 Å². The second kappa shape index (κ2) is 7.09. The van der Waals surface area contributed by atoms with Crippen molar-refractivity contribution in [2.24, 2.45) is 7.05 Å². The molecule has 0 aliphatic carbocycles. The lowest BCUT2D eigenvalue weighted by atomic mass is 9.95. The first-order valence-corrected chi connectivity index (χ1v) is 8.29. The Kier molecular flexibility index (Phi) is 4.89. The minimum Gasteiger partial charge on any atom is -0.381 e. The van der Waals surface area contributed by atoms with Gasteiger partial charge >= 0.3 is 0 Å². The molecule has 2 aromatic rings. The quantitative estimate of drug-likeness (QED) is 0.926. The van der Waals surface area contributed by atoms with E-state index in [1.165, 1.54) is 0 Å². The molecule has 0 aromatic carbocycles. The predicted molar refractivity (Wildman–Crippen MR) is 89.6 cm³/mol. The summed E-state index contributed by atoms with van der Waals surface area (Å²) < 4.78 is 7.29. The lowest BCUT2D eigenvalue weighted by molar-refractivity contribution is 0.0844.